The molecule has 26 heavy (non-hydrogen) atoms. The van der Waals surface area contributed by atoms with Gasteiger partial charge in [0.05, 0.1) is 17.1 Å². The first-order valence-electron chi connectivity index (χ1n) is 9.32. The number of hydrogen-bond acceptors (Lipinski definition) is 2. The van der Waals surface area contributed by atoms with Crippen LogP contribution >= 0.6 is 0 Å². The lowest BCUT2D eigenvalue weighted by molar-refractivity contribution is 0.839. The molecule has 134 valence electrons. The third kappa shape index (κ3) is 6.64. The quantitative estimate of drug-likeness (QED) is 0.445. The summed E-state index contributed by atoms with van der Waals surface area (Å²) in [6.45, 7) is 6.24. The third-order valence-electron chi connectivity index (χ3n) is 3.93. The molecule has 0 atom stereocenters. The number of unbranched alkanes of at least 4 members (excludes halogenated alkanes) is 1. The predicted molar refractivity (Wildman–Crippen MR) is 117 cm³/mol. The van der Waals surface area contributed by atoms with Gasteiger partial charge in [-0.05, 0) is 62.1 Å². The number of allylic oxidation sites excluding steroid dienone is 2. The van der Waals surface area contributed by atoms with Crippen LogP contribution in [0, 0.1) is 0 Å². The number of nitrogens with zero attached hydrogens (tertiary/aromatic N) is 2. The highest BCUT2D eigenvalue weighted by Gasteiger charge is 1.98. The lowest BCUT2D eigenvalue weighted by Crippen LogP contribution is -1.99. The molecule has 0 radical (unpaired) electrons. The Labute approximate surface area is 157 Å². The molecule has 2 heteroatoms. The van der Waals surface area contributed by atoms with Crippen LogP contribution in [-0.4, -0.2) is 11.9 Å². The molecule has 0 bridgehead atoms. The SMILES string of the molecule is C/C=C\c1ccc(N=CC(CCCC)=Nc2ccc(/C=C\C)cc2)cc1. The summed E-state index contributed by atoms with van der Waals surface area (Å²) in [5.74, 6) is 0. The van der Waals surface area contributed by atoms with E-state index in [-0.39, 0.29) is 0 Å². The molecule has 2 aromatic carbocycles. The van der Waals surface area contributed by atoms with Crippen LogP contribution in [0.1, 0.15) is 51.2 Å². The van der Waals surface area contributed by atoms with Crippen LogP contribution in [0.5, 0.6) is 0 Å². The maximum atomic E-state index is 4.79. The van der Waals surface area contributed by atoms with Gasteiger partial charge in [-0.1, -0.05) is 61.9 Å². The second-order valence-electron chi connectivity index (χ2n) is 6.15. The van der Waals surface area contributed by atoms with E-state index < -0.39 is 0 Å². The molecule has 0 unspecified atom stereocenters. The standard InChI is InChI=1S/C24H28N2/c1-4-7-10-24(26-23-17-13-21(9-6-3)14-18-23)19-25-22-15-11-20(8-5-2)12-16-22/h5-6,8-9,11-19H,4,7,10H2,1-3H3/b8-5-,9-6-,25-19?,26-24?. The van der Waals surface area contributed by atoms with Crippen molar-refractivity contribution in [1.29, 1.82) is 0 Å². The molecule has 0 saturated carbocycles. The molecular weight excluding hydrogens is 316 g/mol. The summed E-state index contributed by atoms with van der Waals surface area (Å²) >= 11 is 0. The molecule has 0 saturated heterocycles. The number of rotatable bonds is 8. The molecule has 0 aliphatic carbocycles. The molecule has 0 aliphatic heterocycles. The van der Waals surface area contributed by atoms with Crippen LogP contribution in [0.4, 0.5) is 11.4 Å². The summed E-state index contributed by atoms with van der Waals surface area (Å²) in [7, 11) is 0. The molecule has 2 nitrogen and oxygen atoms in total. The van der Waals surface area contributed by atoms with Gasteiger partial charge in [0.1, 0.15) is 0 Å². The molecule has 2 aromatic rings. The van der Waals surface area contributed by atoms with E-state index in [2.05, 4.69) is 60.5 Å². The first kappa shape index (κ1) is 19.6. The normalized spacial score (nSPS) is 12.7. The molecule has 0 fully saturated rings. The van der Waals surface area contributed by atoms with Crippen LogP contribution in [0.2, 0.25) is 0 Å². The number of hydrogen-bond donors (Lipinski definition) is 0. The summed E-state index contributed by atoms with van der Waals surface area (Å²) < 4.78 is 0. The van der Waals surface area contributed by atoms with Crippen molar-refractivity contribution in [2.24, 2.45) is 9.98 Å². The Hall–Kier alpha value is -2.74. The van der Waals surface area contributed by atoms with Gasteiger partial charge in [-0.2, -0.15) is 0 Å². The van der Waals surface area contributed by atoms with E-state index in [9.17, 15) is 0 Å². The van der Waals surface area contributed by atoms with Crippen LogP contribution < -0.4 is 0 Å². The lowest BCUT2D eigenvalue weighted by atomic mass is 10.1. The maximum Gasteiger partial charge on any atom is 0.0634 e. The molecule has 0 spiro atoms. The van der Waals surface area contributed by atoms with Gasteiger partial charge >= 0.3 is 0 Å². The zero-order chi connectivity index (χ0) is 18.6. The highest BCUT2D eigenvalue weighted by atomic mass is 14.8. The molecule has 2 rings (SSSR count). The van der Waals surface area contributed by atoms with Crippen LogP contribution in [0.15, 0.2) is 70.7 Å². The first-order valence-corrected chi connectivity index (χ1v) is 9.32. The zero-order valence-electron chi connectivity index (χ0n) is 16.0. The third-order valence-corrected chi connectivity index (χ3v) is 3.93. The van der Waals surface area contributed by atoms with Crippen molar-refractivity contribution in [3.63, 3.8) is 0 Å². The van der Waals surface area contributed by atoms with E-state index >= 15 is 0 Å². The van der Waals surface area contributed by atoms with Gasteiger partial charge in [0.2, 0.25) is 0 Å². The Morgan fingerprint density at radius 2 is 1.35 bits per heavy atom. The summed E-state index contributed by atoms with van der Waals surface area (Å²) in [4.78, 5) is 9.40. The van der Waals surface area contributed by atoms with E-state index in [1.807, 2.05) is 44.3 Å². The molecule has 0 N–H and O–H groups in total. The van der Waals surface area contributed by atoms with Gasteiger partial charge in [-0.3, -0.25) is 9.98 Å². The van der Waals surface area contributed by atoms with Crippen LogP contribution in [0.25, 0.3) is 12.2 Å². The summed E-state index contributed by atoms with van der Waals surface area (Å²) in [5, 5.41) is 0. The largest absolute Gasteiger partial charge is 0.255 e. The second-order valence-corrected chi connectivity index (χ2v) is 6.15. The van der Waals surface area contributed by atoms with E-state index in [4.69, 9.17) is 4.99 Å². The van der Waals surface area contributed by atoms with Crippen LogP contribution in [0.3, 0.4) is 0 Å². The highest BCUT2D eigenvalue weighted by Crippen LogP contribution is 2.17. The van der Waals surface area contributed by atoms with Gasteiger partial charge in [0, 0.05) is 6.21 Å². The Balaban J connectivity index is 2.17. The van der Waals surface area contributed by atoms with Gasteiger partial charge < -0.3 is 0 Å². The van der Waals surface area contributed by atoms with Crippen molar-refractivity contribution in [2.75, 3.05) is 0 Å². The lowest BCUT2D eigenvalue weighted by Gasteiger charge is -2.02. The monoisotopic (exact) mass is 344 g/mol. The van der Waals surface area contributed by atoms with E-state index in [0.29, 0.717) is 0 Å². The fourth-order valence-electron chi connectivity index (χ4n) is 2.54. The molecule has 0 amide bonds. The maximum absolute atomic E-state index is 4.79. The van der Waals surface area contributed by atoms with Crippen molar-refractivity contribution >= 4 is 35.5 Å². The number of benzene rings is 2. The second kappa shape index (κ2) is 11.0. The minimum Gasteiger partial charge on any atom is -0.255 e. The van der Waals surface area contributed by atoms with E-state index in [0.717, 1.165) is 36.3 Å². The topological polar surface area (TPSA) is 24.7 Å². The summed E-state index contributed by atoms with van der Waals surface area (Å²) in [6, 6.07) is 16.5. The Bertz CT molecular complexity index is 776. The van der Waals surface area contributed by atoms with Crippen molar-refractivity contribution < 1.29 is 0 Å². The summed E-state index contributed by atoms with van der Waals surface area (Å²) in [6.07, 6.45) is 13.3. The smallest absolute Gasteiger partial charge is 0.0634 e. The zero-order valence-corrected chi connectivity index (χ0v) is 16.0. The van der Waals surface area contributed by atoms with Crippen LogP contribution in [-0.2, 0) is 0 Å². The Morgan fingerprint density at radius 3 is 1.85 bits per heavy atom. The van der Waals surface area contributed by atoms with Gasteiger partial charge in [-0.25, -0.2) is 0 Å². The fraction of sp³-hybridized carbons (Fsp3) is 0.250. The van der Waals surface area contributed by atoms with Gasteiger partial charge in [0.15, 0.2) is 0 Å². The minimum atomic E-state index is 0.938. The van der Waals surface area contributed by atoms with Gasteiger partial charge in [0.25, 0.3) is 0 Å². The van der Waals surface area contributed by atoms with Crippen molar-refractivity contribution in [2.45, 2.75) is 40.0 Å². The Morgan fingerprint density at radius 1 is 0.808 bits per heavy atom. The molecule has 0 aromatic heterocycles. The molecule has 0 aliphatic rings. The van der Waals surface area contributed by atoms with E-state index in [1.165, 1.54) is 11.1 Å². The average molecular weight is 345 g/mol. The average Bonchev–Trinajstić information content (AvgIpc) is 2.67. The van der Waals surface area contributed by atoms with E-state index in [1.54, 1.807) is 0 Å². The van der Waals surface area contributed by atoms with Crippen molar-refractivity contribution in [1.82, 2.24) is 0 Å². The fourth-order valence-corrected chi connectivity index (χ4v) is 2.54. The van der Waals surface area contributed by atoms with Gasteiger partial charge in [-0.15, -0.1) is 0 Å². The minimum absolute atomic E-state index is 0.938. The van der Waals surface area contributed by atoms with Crippen molar-refractivity contribution in [3.05, 3.63) is 71.8 Å². The Kier molecular flexibility index (Phi) is 8.28. The predicted octanol–water partition coefficient (Wildman–Crippen LogP) is 7.42. The highest BCUT2D eigenvalue weighted by molar-refractivity contribution is 6.31. The van der Waals surface area contributed by atoms with Crippen molar-refractivity contribution in [3.8, 4) is 0 Å². The summed E-state index contributed by atoms with van der Waals surface area (Å²) in [5.41, 5.74) is 5.32. The number of aliphatic imine (C=N–C) groups is 2. The molecular formula is C24H28N2. The molecule has 0 heterocycles. The first-order chi connectivity index (χ1) is 12.7.